The van der Waals surface area contributed by atoms with Crippen LogP contribution in [0.15, 0.2) is 35.2 Å². The molecule has 0 unspecified atom stereocenters. The molecule has 2 aromatic rings. The summed E-state index contributed by atoms with van der Waals surface area (Å²) in [6, 6.07) is 9.05. The zero-order chi connectivity index (χ0) is 17.8. The first-order valence-corrected chi connectivity index (χ1v) is 9.90. The van der Waals surface area contributed by atoms with Crippen LogP contribution >= 0.6 is 12.4 Å². The van der Waals surface area contributed by atoms with Gasteiger partial charge in [-0.3, -0.25) is 4.79 Å². The Bertz CT molecular complexity index is 969. The van der Waals surface area contributed by atoms with Crippen molar-refractivity contribution in [1.29, 1.82) is 0 Å². The van der Waals surface area contributed by atoms with E-state index in [1.54, 1.807) is 46.6 Å². The van der Waals surface area contributed by atoms with Crippen molar-refractivity contribution in [2.24, 2.45) is 0 Å². The van der Waals surface area contributed by atoms with Crippen molar-refractivity contribution in [3.05, 3.63) is 35.9 Å². The average Bonchev–Trinajstić information content (AvgIpc) is 2.89. The number of nitrogens with zero attached hydrogens (tertiary/aromatic N) is 2. The van der Waals surface area contributed by atoms with E-state index < -0.39 is 10.0 Å². The van der Waals surface area contributed by atoms with Crippen molar-refractivity contribution in [2.75, 3.05) is 32.1 Å². The zero-order valence-electron chi connectivity index (χ0n) is 14.7. The Kier molecular flexibility index (Phi) is 5.00. The van der Waals surface area contributed by atoms with Gasteiger partial charge in [0.25, 0.3) is 5.91 Å². The molecule has 2 aromatic carbocycles. The van der Waals surface area contributed by atoms with Gasteiger partial charge in [0.1, 0.15) is 0 Å². The lowest BCUT2D eigenvalue weighted by Crippen LogP contribution is -2.43. The van der Waals surface area contributed by atoms with E-state index in [4.69, 9.17) is 0 Å². The largest absolute Gasteiger partial charge is 0.317 e. The lowest BCUT2D eigenvalue weighted by Gasteiger charge is -2.31. The lowest BCUT2D eigenvalue weighted by molar-refractivity contribution is 0.0999. The Morgan fingerprint density at radius 1 is 1.12 bits per heavy atom. The first kappa shape index (κ1) is 19.1. The smallest absolute Gasteiger partial charge is 0.258 e. The highest BCUT2D eigenvalue weighted by Gasteiger charge is 2.33. The first-order valence-electron chi connectivity index (χ1n) is 8.46. The monoisotopic (exact) mass is 395 g/mol. The van der Waals surface area contributed by atoms with E-state index in [9.17, 15) is 13.2 Å². The molecule has 0 aromatic heterocycles. The topological polar surface area (TPSA) is 69.7 Å². The van der Waals surface area contributed by atoms with E-state index in [0.717, 1.165) is 23.9 Å². The molecule has 0 bridgehead atoms. The van der Waals surface area contributed by atoms with Crippen molar-refractivity contribution in [3.8, 4) is 0 Å². The molecule has 6 nitrogen and oxygen atoms in total. The first-order chi connectivity index (χ1) is 11.9. The Morgan fingerprint density at radius 3 is 2.46 bits per heavy atom. The summed E-state index contributed by atoms with van der Waals surface area (Å²) in [5.74, 6) is -0.0926. The standard InChI is InChI=1S/C18H21N3O3S.ClH/c1-19-12-8-10-21(11-9-12)25(23,24)16-7-6-15-17-13(16)4-3-5-14(17)18(22)20(15)2;/h3-7,12,19H,8-11H2,1-2H3;1H. The molecular weight excluding hydrogens is 374 g/mol. The highest BCUT2D eigenvalue weighted by atomic mass is 35.5. The second kappa shape index (κ2) is 6.81. The van der Waals surface area contributed by atoms with Crippen LogP contribution in [-0.4, -0.2) is 51.9 Å². The van der Waals surface area contributed by atoms with Crippen molar-refractivity contribution < 1.29 is 13.2 Å². The van der Waals surface area contributed by atoms with Gasteiger partial charge >= 0.3 is 0 Å². The molecule has 4 rings (SSSR count). The predicted molar refractivity (Wildman–Crippen MR) is 105 cm³/mol. The van der Waals surface area contributed by atoms with Crippen molar-refractivity contribution in [2.45, 2.75) is 23.8 Å². The van der Waals surface area contributed by atoms with Gasteiger partial charge in [0.05, 0.1) is 10.6 Å². The molecule has 0 saturated carbocycles. The van der Waals surface area contributed by atoms with E-state index in [1.165, 1.54) is 0 Å². The van der Waals surface area contributed by atoms with E-state index in [-0.39, 0.29) is 18.3 Å². The number of amides is 1. The zero-order valence-corrected chi connectivity index (χ0v) is 16.4. The summed E-state index contributed by atoms with van der Waals surface area (Å²) in [6.07, 6.45) is 1.61. The summed E-state index contributed by atoms with van der Waals surface area (Å²) < 4.78 is 28.0. The summed E-state index contributed by atoms with van der Waals surface area (Å²) >= 11 is 0. The molecule has 2 aliphatic heterocycles. The van der Waals surface area contributed by atoms with Gasteiger partial charge in [-0.1, -0.05) is 12.1 Å². The van der Waals surface area contributed by atoms with E-state index in [2.05, 4.69) is 5.32 Å². The second-order valence-corrected chi connectivity index (χ2v) is 8.55. The van der Waals surface area contributed by atoms with Crippen LogP contribution in [0.5, 0.6) is 0 Å². The van der Waals surface area contributed by atoms with Crippen LogP contribution in [0.1, 0.15) is 23.2 Å². The van der Waals surface area contributed by atoms with Gasteiger partial charge in [-0.15, -0.1) is 12.4 Å². The minimum atomic E-state index is -3.59. The highest BCUT2D eigenvalue weighted by molar-refractivity contribution is 7.89. The second-order valence-electron chi connectivity index (χ2n) is 6.64. The molecule has 0 atom stereocenters. The van der Waals surface area contributed by atoms with Crippen LogP contribution in [0.25, 0.3) is 10.8 Å². The third kappa shape index (κ3) is 2.70. The van der Waals surface area contributed by atoms with Crippen LogP contribution < -0.4 is 10.2 Å². The molecule has 2 heterocycles. The van der Waals surface area contributed by atoms with Gasteiger partial charge < -0.3 is 10.2 Å². The molecule has 1 saturated heterocycles. The third-order valence-electron chi connectivity index (χ3n) is 5.36. The molecule has 26 heavy (non-hydrogen) atoms. The van der Waals surface area contributed by atoms with Crippen molar-refractivity contribution in [1.82, 2.24) is 9.62 Å². The normalized spacial score (nSPS) is 18.4. The SMILES string of the molecule is CNC1CCN(S(=O)(=O)c2ccc3c4c(cccc24)C(=O)N3C)CC1.Cl. The van der Waals surface area contributed by atoms with E-state index >= 15 is 0 Å². The number of anilines is 1. The number of carbonyl (C=O) groups excluding carboxylic acids is 1. The number of piperidine rings is 1. The fraction of sp³-hybridized carbons (Fsp3) is 0.389. The molecule has 0 aliphatic carbocycles. The lowest BCUT2D eigenvalue weighted by atomic mass is 10.1. The summed E-state index contributed by atoms with van der Waals surface area (Å²) in [6.45, 7) is 1.02. The molecule has 1 amide bonds. The van der Waals surface area contributed by atoms with Gasteiger partial charge in [-0.2, -0.15) is 4.31 Å². The average molecular weight is 396 g/mol. The number of sulfonamides is 1. The van der Waals surface area contributed by atoms with E-state index in [1.807, 2.05) is 7.05 Å². The number of halogens is 1. The molecule has 1 fully saturated rings. The maximum Gasteiger partial charge on any atom is 0.258 e. The van der Waals surface area contributed by atoms with Gasteiger partial charge in [-0.25, -0.2) is 8.42 Å². The number of hydrogen-bond acceptors (Lipinski definition) is 4. The van der Waals surface area contributed by atoms with Crippen LogP contribution in [0.4, 0.5) is 5.69 Å². The number of benzene rings is 2. The van der Waals surface area contributed by atoms with Crippen molar-refractivity contribution >= 4 is 44.8 Å². The fourth-order valence-electron chi connectivity index (χ4n) is 3.86. The molecule has 1 N–H and O–H groups in total. The Hall–Kier alpha value is -1.67. The maximum atomic E-state index is 13.2. The van der Waals surface area contributed by atoms with Crippen molar-refractivity contribution in [3.63, 3.8) is 0 Å². The highest BCUT2D eigenvalue weighted by Crippen LogP contribution is 2.40. The fourth-order valence-corrected chi connectivity index (χ4v) is 5.52. The molecule has 2 aliphatic rings. The molecule has 0 spiro atoms. The van der Waals surface area contributed by atoms with Crippen LogP contribution in [0, 0.1) is 0 Å². The maximum absolute atomic E-state index is 13.2. The molecule has 0 radical (unpaired) electrons. The van der Waals surface area contributed by atoms with Gasteiger partial charge in [0.2, 0.25) is 10.0 Å². The quantitative estimate of drug-likeness (QED) is 0.865. The molecular formula is C18H22ClN3O3S. The van der Waals surface area contributed by atoms with Gasteiger partial charge in [-0.05, 0) is 38.1 Å². The summed E-state index contributed by atoms with van der Waals surface area (Å²) in [5.41, 5.74) is 1.34. The number of nitrogens with one attached hydrogen (secondary N) is 1. The molecule has 140 valence electrons. The molecule has 8 heteroatoms. The van der Waals surface area contributed by atoms with E-state index in [0.29, 0.717) is 35.0 Å². The van der Waals surface area contributed by atoms with Crippen LogP contribution in [0.3, 0.4) is 0 Å². The van der Waals surface area contributed by atoms with Crippen LogP contribution in [-0.2, 0) is 10.0 Å². The summed E-state index contributed by atoms with van der Waals surface area (Å²) in [5, 5.41) is 4.58. The minimum Gasteiger partial charge on any atom is -0.317 e. The predicted octanol–water partition coefficient (Wildman–Crippen LogP) is 2.22. The number of hydrogen-bond donors (Lipinski definition) is 1. The van der Waals surface area contributed by atoms with Gasteiger partial charge in [0, 0.05) is 42.5 Å². The summed E-state index contributed by atoms with van der Waals surface area (Å²) in [7, 11) is 0.0392. The summed E-state index contributed by atoms with van der Waals surface area (Å²) in [4.78, 5) is 14.2. The number of carbonyl (C=O) groups is 1. The Labute approximate surface area is 159 Å². The number of rotatable bonds is 3. The Balaban J connectivity index is 0.00000196. The van der Waals surface area contributed by atoms with Gasteiger partial charge in [0.15, 0.2) is 0 Å². The minimum absolute atomic E-state index is 0. The van der Waals surface area contributed by atoms with Crippen LogP contribution in [0.2, 0.25) is 0 Å². The Morgan fingerprint density at radius 2 is 1.81 bits per heavy atom. The third-order valence-corrected chi connectivity index (χ3v) is 7.31.